The van der Waals surface area contributed by atoms with Crippen LogP contribution in [-0.2, 0) is 0 Å². The monoisotopic (exact) mass is 383 g/mol. The smallest absolute Gasteiger partial charge is 0.229 e. The van der Waals surface area contributed by atoms with E-state index < -0.39 is 6.23 Å². The fourth-order valence-electron chi connectivity index (χ4n) is 4.47. The first-order chi connectivity index (χ1) is 13.6. The Hall–Kier alpha value is -2.54. The summed E-state index contributed by atoms with van der Waals surface area (Å²) in [6.45, 7) is 2.13. The maximum absolute atomic E-state index is 10.9. The first-order valence-corrected chi connectivity index (χ1v) is 10.1. The van der Waals surface area contributed by atoms with Crippen molar-refractivity contribution >= 4 is 23.1 Å². The van der Waals surface area contributed by atoms with Crippen molar-refractivity contribution in [3.63, 3.8) is 0 Å². The first kappa shape index (κ1) is 18.8. The lowest BCUT2D eigenvalue weighted by atomic mass is 10.0. The topological polar surface area (TPSA) is 73.8 Å². The molecule has 1 aliphatic heterocycles. The average Bonchev–Trinajstić information content (AvgIpc) is 3.25. The molecular weight excluding hydrogens is 354 g/mol. The number of hydrogen-bond acceptors (Lipinski definition) is 7. The number of nitrogens with one attached hydrogen (secondary N) is 1. The molecule has 2 aromatic rings. The lowest BCUT2D eigenvalue weighted by Gasteiger charge is -2.48. The summed E-state index contributed by atoms with van der Waals surface area (Å²) in [5, 5.41) is 14.2. The second kappa shape index (κ2) is 7.83. The van der Waals surface area contributed by atoms with Gasteiger partial charge in [-0.05, 0) is 31.4 Å². The lowest BCUT2D eigenvalue weighted by Crippen LogP contribution is -2.58. The molecule has 1 fully saturated rings. The number of nitrogens with zero attached hydrogens (tertiary/aromatic N) is 4. The second-order valence-corrected chi connectivity index (χ2v) is 7.57. The van der Waals surface area contributed by atoms with E-state index in [4.69, 9.17) is 9.72 Å². The van der Waals surface area contributed by atoms with Crippen LogP contribution in [-0.4, -0.2) is 47.5 Å². The Labute approximate surface area is 166 Å². The maximum Gasteiger partial charge on any atom is 0.229 e. The van der Waals surface area contributed by atoms with Crippen molar-refractivity contribution in [1.29, 1.82) is 0 Å². The lowest BCUT2D eigenvalue weighted by molar-refractivity contribution is 0.128. The summed E-state index contributed by atoms with van der Waals surface area (Å²) < 4.78 is 5.43. The molecule has 7 nitrogen and oxygen atoms in total. The predicted octanol–water partition coefficient (Wildman–Crippen LogP) is 3.52. The van der Waals surface area contributed by atoms with Gasteiger partial charge < -0.3 is 25.0 Å². The molecule has 0 amide bonds. The number of aliphatic hydroxyl groups excluding tert-OH is 1. The molecule has 2 atom stereocenters. The molecule has 2 N–H and O–H groups in total. The van der Waals surface area contributed by atoms with Gasteiger partial charge in [0.25, 0.3) is 0 Å². The zero-order chi connectivity index (χ0) is 19.7. The van der Waals surface area contributed by atoms with E-state index in [1.807, 2.05) is 36.2 Å². The average molecular weight is 383 g/mol. The number of para-hydroxylation sites is 2. The highest BCUT2D eigenvalue weighted by Crippen LogP contribution is 2.41. The molecule has 1 saturated carbocycles. The van der Waals surface area contributed by atoms with Gasteiger partial charge in [-0.3, -0.25) is 0 Å². The van der Waals surface area contributed by atoms with Crippen LogP contribution in [0.15, 0.2) is 30.5 Å². The van der Waals surface area contributed by atoms with Gasteiger partial charge in [0.15, 0.2) is 5.82 Å². The predicted molar refractivity (Wildman–Crippen MR) is 112 cm³/mol. The van der Waals surface area contributed by atoms with E-state index in [1.165, 1.54) is 12.8 Å². The molecule has 0 saturated heterocycles. The Morgan fingerprint density at radius 1 is 1.25 bits per heavy atom. The third kappa shape index (κ3) is 3.24. The molecule has 0 radical (unpaired) electrons. The van der Waals surface area contributed by atoms with Crippen molar-refractivity contribution in [2.24, 2.45) is 0 Å². The SMILES string of the molecule is CCC1C(O)N(C)c2cnc(Nc3ccccc3OC)nc2N1C1CCCC1. The highest BCUT2D eigenvalue weighted by Gasteiger charge is 2.41. The first-order valence-electron chi connectivity index (χ1n) is 10.1. The Morgan fingerprint density at radius 3 is 2.71 bits per heavy atom. The van der Waals surface area contributed by atoms with Crippen LogP contribution in [0, 0.1) is 0 Å². The normalized spacial score (nSPS) is 22.3. The van der Waals surface area contributed by atoms with E-state index in [0.717, 1.165) is 42.2 Å². The molecule has 7 heteroatoms. The minimum absolute atomic E-state index is 0.0228. The van der Waals surface area contributed by atoms with Crippen molar-refractivity contribution in [3.8, 4) is 5.75 Å². The van der Waals surface area contributed by atoms with E-state index in [9.17, 15) is 5.11 Å². The van der Waals surface area contributed by atoms with Crippen molar-refractivity contribution < 1.29 is 9.84 Å². The fourth-order valence-corrected chi connectivity index (χ4v) is 4.47. The molecule has 0 spiro atoms. The van der Waals surface area contributed by atoms with E-state index in [1.54, 1.807) is 13.3 Å². The molecule has 0 bridgehead atoms. The van der Waals surface area contributed by atoms with E-state index in [0.29, 0.717) is 12.0 Å². The van der Waals surface area contributed by atoms with Gasteiger partial charge in [-0.2, -0.15) is 4.98 Å². The van der Waals surface area contributed by atoms with Crippen molar-refractivity contribution in [2.75, 3.05) is 29.3 Å². The van der Waals surface area contributed by atoms with Gasteiger partial charge in [0, 0.05) is 13.1 Å². The van der Waals surface area contributed by atoms with E-state index in [-0.39, 0.29) is 6.04 Å². The summed E-state index contributed by atoms with van der Waals surface area (Å²) in [5.41, 5.74) is 1.70. The van der Waals surface area contributed by atoms with Crippen molar-refractivity contribution in [2.45, 2.75) is 57.3 Å². The molecule has 1 aliphatic carbocycles. The van der Waals surface area contributed by atoms with Gasteiger partial charge in [0.2, 0.25) is 5.95 Å². The van der Waals surface area contributed by atoms with Gasteiger partial charge in [-0.15, -0.1) is 0 Å². The van der Waals surface area contributed by atoms with E-state index >= 15 is 0 Å². The molecule has 1 aromatic heterocycles. The summed E-state index contributed by atoms with van der Waals surface area (Å²) >= 11 is 0. The minimum Gasteiger partial charge on any atom is -0.495 e. The Kier molecular flexibility index (Phi) is 5.26. The summed E-state index contributed by atoms with van der Waals surface area (Å²) in [4.78, 5) is 13.6. The van der Waals surface area contributed by atoms with Crippen LogP contribution in [0.1, 0.15) is 39.0 Å². The highest BCUT2D eigenvalue weighted by atomic mass is 16.5. The molecule has 2 heterocycles. The third-order valence-electron chi connectivity index (χ3n) is 5.96. The molecular formula is C21H29N5O2. The molecule has 28 heavy (non-hydrogen) atoms. The van der Waals surface area contributed by atoms with Crippen LogP contribution in [0.4, 0.5) is 23.1 Å². The van der Waals surface area contributed by atoms with E-state index in [2.05, 4.69) is 22.1 Å². The summed E-state index contributed by atoms with van der Waals surface area (Å²) in [6, 6.07) is 8.17. The fraction of sp³-hybridized carbons (Fsp3) is 0.524. The molecule has 1 aromatic carbocycles. The number of fused-ring (bicyclic) bond motifs is 1. The number of ether oxygens (including phenoxy) is 1. The van der Waals surface area contributed by atoms with Crippen molar-refractivity contribution in [1.82, 2.24) is 9.97 Å². The summed E-state index contributed by atoms with van der Waals surface area (Å²) in [7, 11) is 3.56. The van der Waals surface area contributed by atoms with Crippen LogP contribution >= 0.6 is 0 Å². The summed E-state index contributed by atoms with van der Waals surface area (Å²) in [5.74, 6) is 2.18. The molecule has 4 rings (SSSR count). The highest BCUT2D eigenvalue weighted by molar-refractivity contribution is 5.73. The number of likely N-dealkylation sites (N-methyl/N-ethyl adjacent to an activating group) is 1. The Bertz CT molecular complexity index is 824. The third-order valence-corrected chi connectivity index (χ3v) is 5.96. The number of aliphatic hydroxyl groups is 1. The zero-order valence-electron chi connectivity index (χ0n) is 16.8. The van der Waals surface area contributed by atoms with Crippen LogP contribution in [0.25, 0.3) is 0 Å². The van der Waals surface area contributed by atoms with Crippen LogP contribution < -0.4 is 19.9 Å². The number of methoxy groups -OCH3 is 1. The Balaban J connectivity index is 1.73. The molecule has 2 unspecified atom stereocenters. The van der Waals surface area contributed by atoms with Gasteiger partial charge in [0.1, 0.15) is 17.7 Å². The number of anilines is 4. The van der Waals surface area contributed by atoms with Gasteiger partial charge >= 0.3 is 0 Å². The second-order valence-electron chi connectivity index (χ2n) is 7.57. The quantitative estimate of drug-likeness (QED) is 0.818. The summed E-state index contributed by atoms with van der Waals surface area (Å²) in [6.07, 6.45) is 6.86. The zero-order valence-corrected chi connectivity index (χ0v) is 16.8. The van der Waals surface area contributed by atoms with Gasteiger partial charge in [0.05, 0.1) is 25.0 Å². The van der Waals surface area contributed by atoms with Gasteiger partial charge in [-0.1, -0.05) is 31.9 Å². The number of aromatic nitrogens is 2. The van der Waals surface area contributed by atoms with Crippen LogP contribution in [0.2, 0.25) is 0 Å². The van der Waals surface area contributed by atoms with Crippen molar-refractivity contribution in [3.05, 3.63) is 30.5 Å². The minimum atomic E-state index is -0.560. The molecule has 2 aliphatic rings. The maximum atomic E-state index is 10.9. The Morgan fingerprint density at radius 2 is 2.00 bits per heavy atom. The largest absolute Gasteiger partial charge is 0.495 e. The van der Waals surface area contributed by atoms with Crippen LogP contribution in [0.3, 0.4) is 0 Å². The number of hydrogen-bond donors (Lipinski definition) is 2. The number of benzene rings is 1. The molecule has 150 valence electrons. The van der Waals surface area contributed by atoms with Gasteiger partial charge in [-0.25, -0.2) is 4.98 Å². The standard InChI is InChI=1S/C21H29N5O2/c1-4-16-20(27)25(2)17-13-22-21(23-15-11-7-8-12-18(15)28-3)24-19(17)26(16)14-9-5-6-10-14/h7-8,11-14,16,20,27H,4-6,9-10H2,1-3H3,(H,22,23,24). The number of rotatable bonds is 5. The van der Waals surface area contributed by atoms with Crippen LogP contribution in [0.5, 0.6) is 5.75 Å².